The SMILES string of the molecule is CCOc1ncccc1C(=O)NC[C@@H](c1ccc(OC)cc1)[NH+]1CCOCC1. The fraction of sp³-hybridized carbons (Fsp3) is 0.429. The molecular weight excluding hydrogens is 358 g/mol. The quantitative estimate of drug-likeness (QED) is 0.705. The Bertz CT molecular complexity index is 761. The zero-order valence-corrected chi connectivity index (χ0v) is 16.4. The number of ether oxygens (including phenoxy) is 3. The van der Waals surface area contributed by atoms with E-state index in [-0.39, 0.29) is 11.9 Å². The largest absolute Gasteiger partial charge is 0.497 e. The van der Waals surface area contributed by atoms with Crippen LogP contribution in [0.5, 0.6) is 11.6 Å². The monoisotopic (exact) mass is 386 g/mol. The molecule has 0 radical (unpaired) electrons. The van der Waals surface area contributed by atoms with Crippen LogP contribution in [0.2, 0.25) is 0 Å². The van der Waals surface area contributed by atoms with Crippen LogP contribution in [0.15, 0.2) is 42.6 Å². The van der Waals surface area contributed by atoms with E-state index < -0.39 is 0 Å². The van der Waals surface area contributed by atoms with E-state index in [0.717, 1.165) is 37.6 Å². The van der Waals surface area contributed by atoms with Gasteiger partial charge in [0.2, 0.25) is 5.88 Å². The summed E-state index contributed by atoms with van der Waals surface area (Å²) in [6.07, 6.45) is 1.62. The fourth-order valence-corrected chi connectivity index (χ4v) is 3.42. The average molecular weight is 386 g/mol. The minimum Gasteiger partial charge on any atom is -0.497 e. The van der Waals surface area contributed by atoms with E-state index in [2.05, 4.69) is 22.4 Å². The van der Waals surface area contributed by atoms with Crippen LogP contribution in [0, 0.1) is 0 Å². The second kappa shape index (κ2) is 10.1. The van der Waals surface area contributed by atoms with Gasteiger partial charge in [0.25, 0.3) is 5.91 Å². The lowest BCUT2D eigenvalue weighted by Crippen LogP contribution is -3.15. The smallest absolute Gasteiger partial charge is 0.257 e. The van der Waals surface area contributed by atoms with Gasteiger partial charge in [-0.25, -0.2) is 4.98 Å². The molecule has 1 aliphatic rings. The predicted molar refractivity (Wildman–Crippen MR) is 105 cm³/mol. The molecule has 2 N–H and O–H groups in total. The molecule has 0 unspecified atom stereocenters. The maximum absolute atomic E-state index is 12.8. The molecule has 1 fully saturated rings. The van der Waals surface area contributed by atoms with Gasteiger partial charge in [0.15, 0.2) is 0 Å². The zero-order chi connectivity index (χ0) is 19.8. The normalized spacial score (nSPS) is 15.6. The van der Waals surface area contributed by atoms with Gasteiger partial charge in [-0.15, -0.1) is 0 Å². The number of methoxy groups -OCH3 is 1. The third kappa shape index (κ3) is 4.99. The number of pyridine rings is 1. The van der Waals surface area contributed by atoms with Gasteiger partial charge < -0.3 is 24.4 Å². The van der Waals surface area contributed by atoms with Crippen molar-refractivity contribution in [2.75, 3.05) is 46.6 Å². The van der Waals surface area contributed by atoms with Crippen molar-refractivity contribution in [2.24, 2.45) is 0 Å². The third-order valence-corrected chi connectivity index (χ3v) is 4.91. The second-order valence-electron chi connectivity index (χ2n) is 6.60. The van der Waals surface area contributed by atoms with Gasteiger partial charge in [0.05, 0.1) is 33.5 Å². The van der Waals surface area contributed by atoms with Crippen LogP contribution in [0.25, 0.3) is 0 Å². The number of quaternary nitrogens is 1. The van der Waals surface area contributed by atoms with Crippen LogP contribution in [0.3, 0.4) is 0 Å². The summed E-state index contributed by atoms with van der Waals surface area (Å²) in [5, 5.41) is 3.07. The van der Waals surface area contributed by atoms with Gasteiger partial charge in [-0.1, -0.05) is 0 Å². The molecule has 1 aliphatic heterocycles. The maximum atomic E-state index is 12.8. The molecule has 7 heteroatoms. The Hall–Kier alpha value is -2.64. The number of rotatable bonds is 8. The van der Waals surface area contributed by atoms with Crippen LogP contribution in [-0.2, 0) is 4.74 Å². The first kappa shape index (κ1) is 20.1. The summed E-state index contributed by atoms with van der Waals surface area (Å²) in [6.45, 7) is 6.12. The Kier molecular flexibility index (Phi) is 7.22. The highest BCUT2D eigenvalue weighted by Gasteiger charge is 2.27. The lowest BCUT2D eigenvalue weighted by Gasteiger charge is -2.32. The summed E-state index contributed by atoms with van der Waals surface area (Å²) >= 11 is 0. The number of morpholine rings is 1. The van der Waals surface area contributed by atoms with E-state index in [1.54, 1.807) is 25.4 Å². The van der Waals surface area contributed by atoms with Gasteiger partial charge in [-0.3, -0.25) is 4.79 Å². The first-order chi connectivity index (χ1) is 13.7. The van der Waals surface area contributed by atoms with Crippen LogP contribution < -0.4 is 19.7 Å². The average Bonchev–Trinajstić information content (AvgIpc) is 2.75. The number of nitrogens with zero attached hydrogens (tertiary/aromatic N) is 1. The molecule has 7 nitrogen and oxygen atoms in total. The Labute approximate surface area is 165 Å². The van der Waals surface area contributed by atoms with Gasteiger partial charge in [-0.05, 0) is 43.3 Å². The standard InChI is InChI=1S/C21H27N3O4/c1-3-28-21-18(5-4-10-22-21)20(25)23-15-19(24-11-13-27-14-12-24)16-6-8-17(26-2)9-7-16/h4-10,19H,3,11-15H2,1-2H3,(H,23,25)/p+1/t19-/m0/s1. The molecule has 0 aliphatic carbocycles. The minimum atomic E-state index is -0.178. The highest BCUT2D eigenvalue weighted by molar-refractivity contribution is 5.96. The molecule has 1 saturated heterocycles. The van der Waals surface area contributed by atoms with Crippen LogP contribution in [0.4, 0.5) is 0 Å². The molecule has 1 aromatic heterocycles. The Balaban J connectivity index is 1.74. The molecular formula is C21H28N3O4+. The van der Waals surface area contributed by atoms with Crippen LogP contribution >= 0.6 is 0 Å². The molecule has 28 heavy (non-hydrogen) atoms. The number of aromatic nitrogens is 1. The van der Waals surface area contributed by atoms with Crippen molar-refractivity contribution in [1.82, 2.24) is 10.3 Å². The van der Waals surface area contributed by atoms with E-state index in [1.165, 1.54) is 4.90 Å². The molecule has 2 heterocycles. The molecule has 3 rings (SSSR count). The minimum absolute atomic E-state index is 0.131. The highest BCUT2D eigenvalue weighted by atomic mass is 16.5. The summed E-state index contributed by atoms with van der Waals surface area (Å²) < 4.78 is 16.3. The van der Waals surface area contributed by atoms with E-state index >= 15 is 0 Å². The predicted octanol–water partition coefficient (Wildman–Crippen LogP) is 0.875. The summed E-state index contributed by atoms with van der Waals surface area (Å²) in [4.78, 5) is 18.3. The molecule has 0 bridgehead atoms. The van der Waals surface area contributed by atoms with Gasteiger partial charge in [0.1, 0.15) is 30.4 Å². The van der Waals surface area contributed by atoms with Crippen molar-refractivity contribution in [2.45, 2.75) is 13.0 Å². The van der Waals surface area contributed by atoms with Crippen LogP contribution in [0.1, 0.15) is 28.9 Å². The number of carbonyl (C=O) groups is 1. The third-order valence-electron chi connectivity index (χ3n) is 4.91. The van der Waals surface area contributed by atoms with Crippen molar-refractivity contribution < 1.29 is 23.9 Å². The number of carbonyl (C=O) groups excluding carboxylic acids is 1. The number of benzene rings is 1. The van der Waals surface area contributed by atoms with Crippen LogP contribution in [-0.4, -0.2) is 57.5 Å². The van der Waals surface area contributed by atoms with Crippen molar-refractivity contribution in [3.05, 3.63) is 53.7 Å². The van der Waals surface area contributed by atoms with Crippen molar-refractivity contribution in [3.63, 3.8) is 0 Å². The molecule has 1 amide bonds. The lowest BCUT2D eigenvalue weighted by atomic mass is 10.0. The Morgan fingerprint density at radius 3 is 2.68 bits per heavy atom. The van der Waals surface area contributed by atoms with E-state index in [9.17, 15) is 4.79 Å². The zero-order valence-electron chi connectivity index (χ0n) is 16.4. The first-order valence-electron chi connectivity index (χ1n) is 9.65. The molecule has 2 aromatic rings. The first-order valence-corrected chi connectivity index (χ1v) is 9.65. The Morgan fingerprint density at radius 1 is 1.25 bits per heavy atom. The lowest BCUT2D eigenvalue weighted by molar-refractivity contribution is -0.937. The van der Waals surface area contributed by atoms with E-state index in [0.29, 0.717) is 24.6 Å². The number of hydrogen-bond donors (Lipinski definition) is 2. The second-order valence-corrected chi connectivity index (χ2v) is 6.60. The summed E-state index contributed by atoms with van der Waals surface area (Å²) in [5.41, 5.74) is 1.61. The summed E-state index contributed by atoms with van der Waals surface area (Å²) in [6, 6.07) is 11.6. The fourth-order valence-electron chi connectivity index (χ4n) is 3.42. The molecule has 1 atom stereocenters. The van der Waals surface area contributed by atoms with E-state index in [1.807, 2.05) is 19.1 Å². The maximum Gasteiger partial charge on any atom is 0.257 e. The van der Waals surface area contributed by atoms with Gasteiger partial charge in [-0.2, -0.15) is 0 Å². The van der Waals surface area contributed by atoms with Crippen molar-refractivity contribution in [3.8, 4) is 11.6 Å². The number of nitrogens with one attached hydrogen (secondary N) is 2. The molecule has 0 saturated carbocycles. The van der Waals surface area contributed by atoms with Gasteiger partial charge >= 0.3 is 0 Å². The molecule has 1 aromatic carbocycles. The van der Waals surface area contributed by atoms with E-state index in [4.69, 9.17) is 14.2 Å². The number of amides is 1. The number of hydrogen-bond acceptors (Lipinski definition) is 5. The van der Waals surface area contributed by atoms with Gasteiger partial charge in [0, 0.05) is 11.8 Å². The van der Waals surface area contributed by atoms with Crippen molar-refractivity contribution in [1.29, 1.82) is 0 Å². The summed E-state index contributed by atoms with van der Waals surface area (Å²) in [5.74, 6) is 1.00. The van der Waals surface area contributed by atoms with Crippen molar-refractivity contribution >= 4 is 5.91 Å². The Morgan fingerprint density at radius 2 is 2.00 bits per heavy atom. The highest BCUT2D eigenvalue weighted by Crippen LogP contribution is 2.17. The summed E-state index contributed by atoms with van der Waals surface area (Å²) in [7, 11) is 1.66. The topological polar surface area (TPSA) is 74.1 Å². The molecule has 0 spiro atoms. The molecule has 150 valence electrons.